The van der Waals surface area contributed by atoms with Crippen LogP contribution in [0.15, 0.2) is 42.7 Å². The summed E-state index contributed by atoms with van der Waals surface area (Å²) in [6, 6.07) is 9.78. The highest BCUT2D eigenvalue weighted by Gasteiger charge is 2.12. The van der Waals surface area contributed by atoms with Crippen molar-refractivity contribution in [3.8, 4) is 11.5 Å². The van der Waals surface area contributed by atoms with Gasteiger partial charge in [-0.05, 0) is 36.2 Å². The third-order valence-corrected chi connectivity index (χ3v) is 3.18. The van der Waals surface area contributed by atoms with E-state index in [1.165, 1.54) is 0 Å². The van der Waals surface area contributed by atoms with Gasteiger partial charge in [0.15, 0.2) is 11.5 Å². The lowest BCUT2D eigenvalue weighted by molar-refractivity contribution is 0.227. The minimum absolute atomic E-state index is 0.0353. The van der Waals surface area contributed by atoms with E-state index in [4.69, 9.17) is 9.47 Å². The van der Waals surface area contributed by atoms with Crippen molar-refractivity contribution in [3.63, 3.8) is 0 Å². The van der Waals surface area contributed by atoms with Crippen molar-refractivity contribution in [3.05, 3.63) is 48.3 Å². The van der Waals surface area contributed by atoms with Crippen molar-refractivity contribution in [2.45, 2.75) is 12.5 Å². The molecule has 4 heteroatoms. The maximum Gasteiger partial charge on any atom is 0.160 e. The molecule has 1 aromatic heterocycles. The number of nitrogens with zero attached hydrogens (tertiary/aromatic N) is 1. The fraction of sp³-hybridized carbons (Fsp3) is 0.333. The Morgan fingerprint density at radius 1 is 1.11 bits per heavy atom. The van der Waals surface area contributed by atoms with Crippen LogP contribution in [0.3, 0.4) is 0 Å². The summed E-state index contributed by atoms with van der Waals surface area (Å²) in [4.78, 5) is 0. The van der Waals surface area contributed by atoms with Gasteiger partial charge in [0.25, 0.3) is 0 Å². The van der Waals surface area contributed by atoms with E-state index in [0.29, 0.717) is 11.5 Å². The van der Waals surface area contributed by atoms with Crippen molar-refractivity contribution >= 4 is 0 Å². The lowest BCUT2D eigenvalue weighted by atomic mass is 10.1. The molecule has 0 spiro atoms. The van der Waals surface area contributed by atoms with Gasteiger partial charge in [0.05, 0.1) is 26.9 Å². The zero-order valence-electron chi connectivity index (χ0n) is 11.2. The van der Waals surface area contributed by atoms with E-state index in [-0.39, 0.29) is 12.6 Å². The van der Waals surface area contributed by atoms with Crippen LogP contribution in [0, 0.1) is 0 Å². The fourth-order valence-corrected chi connectivity index (χ4v) is 2.14. The lowest BCUT2D eigenvalue weighted by Gasteiger charge is -2.17. The summed E-state index contributed by atoms with van der Waals surface area (Å²) in [5, 5.41) is 9.51. The molecule has 2 rings (SSSR count). The summed E-state index contributed by atoms with van der Waals surface area (Å²) in [6.45, 7) is 0.100. The van der Waals surface area contributed by atoms with Crippen LogP contribution in [-0.2, 0) is 6.42 Å². The Labute approximate surface area is 113 Å². The largest absolute Gasteiger partial charge is 0.493 e. The third-order valence-electron chi connectivity index (χ3n) is 3.18. The molecule has 1 N–H and O–H groups in total. The highest BCUT2D eigenvalue weighted by molar-refractivity contribution is 5.43. The molecule has 0 aliphatic carbocycles. The molecule has 1 heterocycles. The topological polar surface area (TPSA) is 43.6 Å². The number of hydrogen-bond donors (Lipinski definition) is 1. The van der Waals surface area contributed by atoms with Gasteiger partial charge in [-0.25, -0.2) is 0 Å². The summed E-state index contributed by atoms with van der Waals surface area (Å²) in [6.07, 6.45) is 4.66. The number of aliphatic hydroxyl groups excluding tert-OH is 1. The molecule has 2 aromatic rings. The van der Waals surface area contributed by atoms with Crippen LogP contribution in [0.25, 0.3) is 0 Å². The standard InChI is InChI=1S/C15H19NO3/c1-18-14-6-5-12(10-15(14)19-2)9-13(11-17)16-7-3-4-8-16/h3-8,10,13,17H,9,11H2,1-2H3/t13-/m0/s1. The van der Waals surface area contributed by atoms with Crippen LogP contribution in [0.5, 0.6) is 11.5 Å². The molecule has 19 heavy (non-hydrogen) atoms. The molecule has 1 aromatic carbocycles. The van der Waals surface area contributed by atoms with E-state index >= 15 is 0 Å². The van der Waals surface area contributed by atoms with E-state index in [1.54, 1.807) is 14.2 Å². The molecule has 0 saturated carbocycles. The predicted octanol–water partition coefficient (Wildman–Crippen LogP) is 2.28. The number of aromatic nitrogens is 1. The Morgan fingerprint density at radius 3 is 2.37 bits per heavy atom. The quantitative estimate of drug-likeness (QED) is 0.867. The van der Waals surface area contributed by atoms with Crippen LogP contribution >= 0.6 is 0 Å². The van der Waals surface area contributed by atoms with Gasteiger partial charge in [0, 0.05) is 12.4 Å². The molecular formula is C15H19NO3. The Bertz CT molecular complexity index is 508. The molecule has 4 nitrogen and oxygen atoms in total. The Morgan fingerprint density at radius 2 is 1.79 bits per heavy atom. The third kappa shape index (κ3) is 3.09. The fourth-order valence-electron chi connectivity index (χ4n) is 2.14. The van der Waals surface area contributed by atoms with E-state index in [9.17, 15) is 5.11 Å². The highest BCUT2D eigenvalue weighted by atomic mass is 16.5. The van der Waals surface area contributed by atoms with E-state index in [2.05, 4.69) is 0 Å². The molecule has 1 atom stereocenters. The minimum Gasteiger partial charge on any atom is -0.493 e. The first kappa shape index (κ1) is 13.5. The number of ether oxygens (including phenoxy) is 2. The second-order valence-corrected chi connectivity index (χ2v) is 4.36. The smallest absolute Gasteiger partial charge is 0.160 e. The number of methoxy groups -OCH3 is 2. The molecular weight excluding hydrogens is 242 g/mol. The monoisotopic (exact) mass is 261 g/mol. The van der Waals surface area contributed by atoms with Crippen molar-refractivity contribution < 1.29 is 14.6 Å². The Balaban J connectivity index is 2.18. The van der Waals surface area contributed by atoms with Crippen LogP contribution in [0.4, 0.5) is 0 Å². The summed E-state index contributed by atoms with van der Waals surface area (Å²) >= 11 is 0. The molecule has 102 valence electrons. The Hall–Kier alpha value is -1.94. The second-order valence-electron chi connectivity index (χ2n) is 4.36. The molecule has 0 aliphatic rings. The molecule has 0 bridgehead atoms. The highest BCUT2D eigenvalue weighted by Crippen LogP contribution is 2.29. The van der Waals surface area contributed by atoms with E-state index in [1.807, 2.05) is 47.3 Å². The van der Waals surface area contributed by atoms with Crippen molar-refractivity contribution in [2.75, 3.05) is 20.8 Å². The number of benzene rings is 1. The van der Waals surface area contributed by atoms with Crippen LogP contribution in [0.1, 0.15) is 11.6 Å². The zero-order valence-corrected chi connectivity index (χ0v) is 11.2. The maximum atomic E-state index is 9.51. The average Bonchev–Trinajstić information content (AvgIpc) is 2.98. The van der Waals surface area contributed by atoms with E-state index < -0.39 is 0 Å². The molecule has 0 fully saturated rings. The van der Waals surface area contributed by atoms with Crippen molar-refractivity contribution in [1.29, 1.82) is 0 Å². The van der Waals surface area contributed by atoms with Gasteiger partial charge < -0.3 is 19.1 Å². The number of hydrogen-bond acceptors (Lipinski definition) is 3. The Kier molecular flexibility index (Phi) is 4.47. The van der Waals surface area contributed by atoms with Gasteiger partial charge in [-0.1, -0.05) is 6.07 Å². The van der Waals surface area contributed by atoms with Crippen molar-refractivity contribution in [1.82, 2.24) is 4.57 Å². The molecule has 0 unspecified atom stereocenters. The van der Waals surface area contributed by atoms with Gasteiger partial charge in [-0.3, -0.25) is 0 Å². The summed E-state index contributed by atoms with van der Waals surface area (Å²) in [7, 11) is 3.24. The minimum atomic E-state index is 0.0353. The predicted molar refractivity (Wildman–Crippen MR) is 73.8 cm³/mol. The summed E-state index contributed by atoms with van der Waals surface area (Å²) < 4.78 is 12.5. The second kappa shape index (κ2) is 6.29. The van der Waals surface area contributed by atoms with Crippen LogP contribution in [0.2, 0.25) is 0 Å². The molecule has 0 aliphatic heterocycles. The zero-order chi connectivity index (χ0) is 13.7. The van der Waals surface area contributed by atoms with Gasteiger partial charge in [0.2, 0.25) is 0 Å². The van der Waals surface area contributed by atoms with Gasteiger partial charge in [0.1, 0.15) is 0 Å². The molecule has 0 radical (unpaired) electrons. The maximum absolute atomic E-state index is 9.51. The van der Waals surface area contributed by atoms with Crippen LogP contribution < -0.4 is 9.47 Å². The summed E-state index contributed by atoms with van der Waals surface area (Å²) in [5.41, 5.74) is 1.10. The normalized spacial score (nSPS) is 12.2. The van der Waals surface area contributed by atoms with Gasteiger partial charge >= 0.3 is 0 Å². The summed E-state index contributed by atoms with van der Waals surface area (Å²) in [5.74, 6) is 1.43. The first-order valence-corrected chi connectivity index (χ1v) is 6.22. The number of aliphatic hydroxyl groups is 1. The molecule has 0 saturated heterocycles. The SMILES string of the molecule is COc1ccc(C[C@@H](CO)n2cccc2)cc1OC. The first-order valence-electron chi connectivity index (χ1n) is 6.22. The average molecular weight is 261 g/mol. The van der Waals surface area contributed by atoms with Gasteiger partial charge in [-0.2, -0.15) is 0 Å². The van der Waals surface area contributed by atoms with Crippen molar-refractivity contribution in [2.24, 2.45) is 0 Å². The lowest BCUT2D eigenvalue weighted by Crippen LogP contribution is -2.14. The number of rotatable bonds is 6. The van der Waals surface area contributed by atoms with E-state index in [0.717, 1.165) is 12.0 Å². The molecule has 0 amide bonds. The first-order chi connectivity index (χ1) is 9.28. The van der Waals surface area contributed by atoms with Gasteiger partial charge in [-0.15, -0.1) is 0 Å². The van der Waals surface area contributed by atoms with Crippen LogP contribution in [-0.4, -0.2) is 30.5 Å².